The van der Waals surface area contributed by atoms with Crippen LogP contribution in [0.4, 0.5) is 5.69 Å². The third kappa shape index (κ3) is 4.42. The monoisotopic (exact) mass is 342 g/mol. The van der Waals surface area contributed by atoms with Crippen LogP contribution >= 0.6 is 0 Å². The number of hydrogen-bond acceptors (Lipinski definition) is 5. The molecular weight excluding hydrogens is 320 g/mol. The van der Waals surface area contributed by atoms with Crippen LogP contribution in [0.2, 0.25) is 0 Å². The van der Waals surface area contributed by atoms with Gasteiger partial charge in [0.1, 0.15) is 24.7 Å². The minimum atomic E-state index is -0.896. The van der Waals surface area contributed by atoms with Gasteiger partial charge in [-0.1, -0.05) is 24.3 Å². The molecule has 0 spiro atoms. The minimum absolute atomic E-state index is 0.130. The van der Waals surface area contributed by atoms with E-state index >= 15 is 0 Å². The van der Waals surface area contributed by atoms with Crippen molar-refractivity contribution in [3.63, 3.8) is 0 Å². The molecule has 0 radical (unpaired) electrons. The van der Waals surface area contributed by atoms with E-state index in [1.165, 1.54) is 5.56 Å². The first-order valence-electron chi connectivity index (χ1n) is 8.21. The van der Waals surface area contributed by atoms with Crippen LogP contribution in [0.3, 0.4) is 0 Å². The van der Waals surface area contributed by atoms with E-state index in [2.05, 4.69) is 22.3 Å². The molecule has 2 N–H and O–H groups in total. The zero-order chi connectivity index (χ0) is 17.6. The van der Waals surface area contributed by atoms with Gasteiger partial charge in [-0.05, 0) is 23.8 Å². The molecule has 6 heteroatoms. The van der Waals surface area contributed by atoms with Gasteiger partial charge in [0.25, 0.3) is 0 Å². The van der Waals surface area contributed by atoms with Gasteiger partial charge in [0.2, 0.25) is 0 Å². The molecule has 0 saturated carbocycles. The number of aliphatic carboxylic acids is 1. The summed E-state index contributed by atoms with van der Waals surface area (Å²) in [4.78, 5) is 13.1. The van der Waals surface area contributed by atoms with Crippen molar-refractivity contribution < 1.29 is 19.4 Å². The Bertz CT molecular complexity index is 731. The van der Waals surface area contributed by atoms with E-state index in [4.69, 9.17) is 14.6 Å². The maximum Gasteiger partial charge on any atom is 0.322 e. The fourth-order valence-electron chi connectivity index (χ4n) is 2.91. The number of nitrogens with one attached hydrogen (secondary N) is 1. The molecular formula is C19H22N2O4. The number of para-hydroxylation sites is 1. The van der Waals surface area contributed by atoms with Gasteiger partial charge in [-0.2, -0.15) is 0 Å². The summed E-state index contributed by atoms with van der Waals surface area (Å²) in [6.07, 6.45) is 0. The van der Waals surface area contributed by atoms with E-state index in [9.17, 15) is 4.79 Å². The van der Waals surface area contributed by atoms with Crippen molar-refractivity contribution in [3.05, 3.63) is 53.6 Å². The maximum atomic E-state index is 10.8. The standard InChI is InChI=1S/C19H22N2O4/c1-24-16-7-5-14(6-8-16)12-21-9-10-25-19-15(13-21)3-2-4-17(19)20-11-18(22)23/h2-8,20H,9-13H2,1H3,(H,22,23). The third-order valence-corrected chi connectivity index (χ3v) is 4.14. The van der Waals surface area contributed by atoms with E-state index in [0.29, 0.717) is 6.61 Å². The van der Waals surface area contributed by atoms with Crippen molar-refractivity contribution in [2.45, 2.75) is 13.1 Å². The molecule has 0 aliphatic carbocycles. The molecule has 1 heterocycles. The fraction of sp³-hybridized carbons (Fsp3) is 0.316. The summed E-state index contributed by atoms with van der Waals surface area (Å²) in [6, 6.07) is 13.8. The molecule has 25 heavy (non-hydrogen) atoms. The van der Waals surface area contributed by atoms with E-state index in [1.54, 1.807) is 7.11 Å². The van der Waals surface area contributed by atoms with Crippen LogP contribution in [0.25, 0.3) is 0 Å². The molecule has 1 aliphatic heterocycles. The molecule has 0 fully saturated rings. The first-order chi connectivity index (χ1) is 12.2. The molecule has 2 aromatic rings. The molecule has 3 rings (SSSR count). The van der Waals surface area contributed by atoms with E-state index in [1.807, 2.05) is 30.3 Å². The lowest BCUT2D eigenvalue weighted by Gasteiger charge is -2.19. The van der Waals surface area contributed by atoms with Gasteiger partial charge >= 0.3 is 5.97 Å². The molecule has 1 aliphatic rings. The summed E-state index contributed by atoms with van der Waals surface area (Å²) in [6.45, 7) is 2.81. The molecule has 6 nitrogen and oxygen atoms in total. The molecule has 2 aromatic carbocycles. The van der Waals surface area contributed by atoms with Crippen LogP contribution in [-0.2, 0) is 17.9 Å². The van der Waals surface area contributed by atoms with Crippen LogP contribution in [0.1, 0.15) is 11.1 Å². The first-order valence-corrected chi connectivity index (χ1v) is 8.21. The average molecular weight is 342 g/mol. The Labute approximate surface area is 147 Å². The number of benzene rings is 2. The normalized spacial score (nSPS) is 14.1. The Kier molecular flexibility index (Phi) is 5.40. The Balaban J connectivity index is 1.72. The second-order valence-electron chi connectivity index (χ2n) is 5.95. The summed E-state index contributed by atoms with van der Waals surface area (Å²) in [5, 5.41) is 11.8. The quantitative estimate of drug-likeness (QED) is 0.841. The number of rotatable bonds is 6. The highest BCUT2D eigenvalue weighted by Gasteiger charge is 2.18. The summed E-state index contributed by atoms with van der Waals surface area (Å²) in [5.41, 5.74) is 3.00. The minimum Gasteiger partial charge on any atom is -0.497 e. The Hall–Kier alpha value is -2.73. The number of fused-ring (bicyclic) bond motifs is 1. The van der Waals surface area contributed by atoms with Crippen molar-refractivity contribution in [2.24, 2.45) is 0 Å². The summed E-state index contributed by atoms with van der Waals surface area (Å²) < 4.78 is 11.1. The van der Waals surface area contributed by atoms with Gasteiger partial charge in [-0.25, -0.2) is 0 Å². The lowest BCUT2D eigenvalue weighted by atomic mass is 10.1. The van der Waals surface area contributed by atoms with Crippen molar-refractivity contribution in [3.8, 4) is 11.5 Å². The molecule has 0 unspecified atom stereocenters. The topological polar surface area (TPSA) is 71.0 Å². The zero-order valence-electron chi connectivity index (χ0n) is 14.2. The summed E-state index contributed by atoms with van der Waals surface area (Å²) in [5.74, 6) is 0.704. The van der Waals surface area contributed by atoms with Crippen molar-refractivity contribution in [2.75, 3.05) is 32.1 Å². The van der Waals surface area contributed by atoms with Crippen LogP contribution < -0.4 is 14.8 Å². The summed E-state index contributed by atoms with van der Waals surface area (Å²) >= 11 is 0. The third-order valence-electron chi connectivity index (χ3n) is 4.14. The van der Waals surface area contributed by atoms with E-state index in [0.717, 1.165) is 42.4 Å². The predicted molar refractivity (Wildman–Crippen MR) is 95.2 cm³/mol. The fourth-order valence-corrected chi connectivity index (χ4v) is 2.91. The Morgan fingerprint density at radius 2 is 2.08 bits per heavy atom. The number of nitrogens with zero attached hydrogens (tertiary/aromatic N) is 1. The lowest BCUT2D eigenvalue weighted by molar-refractivity contribution is -0.134. The largest absolute Gasteiger partial charge is 0.497 e. The smallest absolute Gasteiger partial charge is 0.322 e. The Morgan fingerprint density at radius 3 is 2.80 bits per heavy atom. The van der Waals surface area contributed by atoms with Crippen LogP contribution in [0.15, 0.2) is 42.5 Å². The molecule has 0 atom stereocenters. The van der Waals surface area contributed by atoms with E-state index < -0.39 is 5.97 Å². The number of carboxylic acid groups (broad SMARTS) is 1. The maximum absolute atomic E-state index is 10.8. The number of anilines is 1. The van der Waals surface area contributed by atoms with Crippen molar-refractivity contribution in [1.29, 1.82) is 0 Å². The second-order valence-corrected chi connectivity index (χ2v) is 5.95. The zero-order valence-corrected chi connectivity index (χ0v) is 14.2. The van der Waals surface area contributed by atoms with Gasteiger partial charge < -0.3 is 19.9 Å². The lowest BCUT2D eigenvalue weighted by Crippen LogP contribution is -2.25. The SMILES string of the molecule is COc1ccc(CN2CCOc3c(cccc3NCC(=O)O)C2)cc1. The molecule has 0 saturated heterocycles. The second kappa shape index (κ2) is 7.90. The van der Waals surface area contributed by atoms with Gasteiger partial charge in [0, 0.05) is 25.2 Å². The highest BCUT2D eigenvalue weighted by Crippen LogP contribution is 2.32. The average Bonchev–Trinajstić information content (AvgIpc) is 2.82. The molecule has 0 amide bonds. The van der Waals surface area contributed by atoms with Crippen LogP contribution in [-0.4, -0.2) is 42.8 Å². The number of carboxylic acids is 1. The van der Waals surface area contributed by atoms with Gasteiger partial charge in [0.05, 0.1) is 12.8 Å². The highest BCUT2D eigenvalue weighted by atomic mass is 16.5. The van der Waals surface area contributed by atoms with Gasteiger partial charge in [-0.15, -0.1) is 0 Å². The number of methoxy groups -OCH3 is 1. The number of carbonyl (C=O) groups is 1. The molecule has 132 valence electrons. The van der Waals surface area contributed by atoms with Gasteiger partial charge in [-0.3, -0.25) is 9.69 Å². The number of hydrogen-bond donors (Lipinski definition) is 2. The van der Waals surface area contributed by atoms with E-state index in [-0.39, 0.29) is 6.54 Å². The Morgan fingerprint density at radius 1 is 1.28 bits per heavy atom. The van der Waals surface area contributed by atoms with Gasteiger partial charge in [0.15, 0.2) is 0 Å². The van der Waals surface area contributed by atoms with Crippen LogP contribution in [0.5, 0.6) is 11.5 Å². The van der Waals surface area contributed by atoms with Crippen molar-refractivity contribution >= 4 is 11.7 Å². The summed E-state index contributed by atoms with van der Waals surface area (Å²) in [7, 11) is 1.66. The van der Waals surface area contributed by atoms with Crippen LogP contribution in [0, 0.1) is 0 Å². The predicted octanol–water partition coefficient (Wildman–Crippen LogP) is 2.59. The first kappa shape index (κ1) is 17.1. The molecule has 0 aromatic heterocycles. The molecule has 0 bridgehead atoms. The highest BCUT2D eigenvalue weighted by molar-refractivity contribution is 5.74. The van der Waals surface area contributed by atoms with Crippen molar-refractivity contribution in [1.82, 2.24) is 4.90 Å². The number of ether oxygens (including phenoxy) is 2.